The molecule has 4 aromatic rings. The van der Waals surface area contributed by atoms with E-state index in [-0.39, 0.29) is 22.8 Å². The average Bonchev–Trinajstić information content (AvgIpc) is 2.92. The molecule has 0 heterocycles. The number of hydrogen-bond acceptors (Lipinski definition) is 7. The Labute approximate surface area is 221 Å². The van der Waals surface area contributed by atoms with Crippen molar-refractivity contribution in [3.8, 4) is 0 Å². The first-order chi connectivity index (χ1) is 18.3. The molecule has 11 heteroatoms. The lowest BCUT2D eigenvalue weighted by Crippen LogP contribution is -2.19. The quantitative estimate of drug-likeness (QED) is 0.149. The van der Waals surface area contributed by atoms with E-state index in [1.165, 1.54) is 60.3 Å². The second-order valence-corrected chi connectivity index (χ2v) is 9.17. The number of thioether (sulfide) groups is 1. The van der Waals surface area contributed by atoms with Crippen LogP contribution < -0.4 is 10.6 Å². The molecule has 190 valence electrons. The molecule has 0 spiro atoms. The van der Waals surface area contributed by atoms with Crippen molar-refractivity contribution < 1.29 is 19.4 Å². The number of nitro groups is 2. The van der Waals surface area contributed by atoms with Crippen molar-refractivity contribution in [2.75, 3.05) is 10.6 Å². The van der Waals surface area contributed by atoms with Gasteiger partial charge in [-0.3, -0.25) is 29.8 Å². The van der Waals surface area contributed by atoms with Crippen LogP contribution in [0.4, 0.5) is 22.7 Å². The zero-order valence-electron chi connectivity index (χ0n) is 19.6. The summed E-state index contributed by atoms with van der Waals surface area (Å²) < 4.78 is 0. The van der Waals surface area contributed by atoms with Crippen LogP contribution in [0.15, 0.2) is 108 Å². The van der Waals surface area contributed by atoms with E-state index in [1.807, 2.05) is 30.3 Å². The van der Waals surface area contributed by atoms with Gasteiger partial charge in [-0.15, -0.1) is 11.8 Å². The van der Waals surface area contributed by atoms with E-state index in [0.29, 0.717) is 16.3 Å². The fourth-order valence-corrected chi connectivity index (χ4v) is 4.58. The van der Waals surface area contributed by atoms with Gasteiger partial charge in [0.25, 0.3) is 17.3 Å². The highest BCUT2D eigenvalue weighted by Gasteiger charge is 2.23. The molecule has 0 aliphatic heterocycles. The number of anilines is 2. The smallest absolute Gasteiger partial charge is 0.269 e. The van der Waals surface area contributed by atoms with Crippen LogP contribution in [-0.2, 0) is 4.79 Å². The molecule has 4 aromatic carbocycles. The number of hydrogen-bond donors (Lipinski definition) is 2. The van der Waals surface area contributed by atoms with Crippen molar-refractivity contribution in [3.63, 3.8) is 0 Å². The minimum Gasteiger partial charge on any atom is -0.325 e. The highest BCUT2D eigenvalue weighted by Crippen LogP contribution is 2.37. The first-order valence-corrected chi connectivity index (χ1v) is 12.1. The predicted molar refractivity (Wildman–Crippen MR) is 144 cm³/mol. The zero-order chi connectivity index (χ0) is 27.1. The molecule has 0 aliphatic rings. The van der Waals surface area contributed by atoms with Gasteiger partial charge in [-0.25, -0.2) is 0 Å². The van der Waals surface area contributed by atoms with Crippen molar-refractivity contribution in [2.45, 2.75) is 10.1 Å². The van der Waals surface area contributed by atoms with Crippen LogP contribution >= 0.6 is 11.8 Å². The van der Waals surface area contributed by atoms with Gasteiger partial charge < -0.3 is 10.6 Å². The van der Waals surface area contributed by atoms with Crippen molar-refractivity contribution in [1.82, 2.24) is 0 Å². The van der Waals surface area contributed by atoms with Crippen LogP contribution in [0, 0.1) is 20.2 Å². The van der Waals surface area contributed by atoms with E-state index in [2.05, 4.69) is 10.6 Å². The summed E-state index contributed by atoms with van der Waals surface area (Å²) in [5.74, 6) is -0.757. The molecule has 10 nitrogen and oxygen atoms in total. The fourth-order valence-electron chi connectivity index (χ4n) is 3.50. The number of carbonyl (C=O) groups excluding carboxylic acids is 2. The molecule has 2 amide bonds. The van der Waals surface area contributed by atoms with E-state index >= 15 is 0 Å². The summed E-state index contributed by atoms with van der Waals surface area (Å²) >= 11 is 1.27. The third kappa shape index (κ3) is 6.59. The molecule has 1 unspecified atom stereocenters. The van der Waals surface area contributed by atoms with Crippen LogP contribution in [0.3, 0.4) is 0 Å². The number of nitro benzene ring substituents is 2. The maximum Gasteiger partial charge on any atom is 0.269 e. The van der Waals surface area contributed by atoms with Gasteiger partial charge in [0.05, 0.1) is 9.85 Å². The maximum atomic E-state index is 13.3. The summed E-state index contributed by atoms with van der Waals surface area (Å²) in [5, 5.41) is 26.7. The topological polar surface area (TPSA) is 144 Å². The first-order valence-electron chi connectivity index (χ1n) is 11.2. The molecular formula is C27H20N4O6S. The third-order valence-corrected chi connectivity index (χ3v) is 6.62. The van der Waals surface area contributed by atoms with Gasteiger partial charge in [-0.05, 0) is 48.0 Å². The van der Waals surface area contributed by atoms with Gasteiger partial charge in [-0.1, -0.05) is 36.4 Å². The van der Waals surface area contributed by atoms with E-state index in [1.54, 1.807) is 24.3 Å². The van der Waals surface area contributed by atoms with E-state index < -0.39 is 21.0 Å². The van der Waals surface area contributed by atoms with Gasteiger partial charge in [-0.2, -0.15) is 0 Å². The lowest BCUT2D eigenvalue weighted by atomic mass is 10.1. The highest BCUT2D eigenvalue weighted by atomic mass is 32.2. The van der Waals surface area contributed by atoms with Crippen molar-refractivity contribution in [1.29, 1.82) is 0 Å². The molecule has 0 bridgehead atoms. The monoisotopic (exact) mass is 528 g/mol. The van der Waals surface area contributed by atoms with E-state index in [9.17, 15) is 29.8 Å². The lowest BCUT2D eigenvalue weighted by molar-refractivity contribution is -0.385. The molecule has 0 aromatic heterocycles. The minimum atomic E-state index is -0.660. The molecule has 2 N–H and O–H groups in total. The molecule has 0 saturated heterocycles. The van der Waals surface area contributed by atoms with Crippen molar-refractivity contribution in [2.24, 2.45) is 0 Å². The molecule has 1 atom stereocenters. The van der Waals surface area contributed by atoms with Crippen LogP contribution in [0.5, 0.6) is 0 Å². The summed E-state index contributed by atoms with van der Waals surface area (Å²) in [4.78, 5) is 47.3. The Morgan fingerprint density at radius 1 is 0.684 bits per heavy atom. The number of carbonyl (C=O) groups is 2. The lowest BCUT2D eigenvalue weighted by Gasteiger charge is -2.18. The number of non-ortho nitro benzene ring substituents is 2. The number of rotatable bonds is 9. The van der Waals surface area contributed by atoms with Crippen molar-refractivity contribution in [3.05, 3.63) is 134 Å². The molecule has 0 saturated carbocycles. The summed E-state index contributed by atoms with van der Waals surface area (Å²) in [6, 6.07) is 26.9. The van der Waals surface area contributed by atoms with Gasteiger partial charge in [0, 0.05) is 46.1 Å². The molecule has 0 aliphatic carbocycles. The Hall–Kier alpha value is -5.03. The number of nitrogens with one attached hydrogen (secondary N) is 2. The van der Waals surface area contributed by atoms with Gasteiger partial charge in [0.15, 0.2) is 0 Å². The SMILES string of the molecule is O=C(Nc1cccc(SC(C(=O)Nc2ccc([N+](=O)[O-])cc2)c2ccccc2)c1)c1ccc([N+](=O)[O-])cc1. The van der Waals surface area contributed by atoms with Gasteiger partial charge in [0.2, 0.25) is 5.91 Å². The summed E-state index contributed by atoms with van der Waals surface area (Å²) in [5.41, 5.74) is 1.73. The second kappa shape index (κ2) is 11.8. The van der Waals surface area contributed by atoms with Crippen LogP contribution in [-0.4, -0.2) is 21.7 Å². The molecular weight excluding hydrogens is 508 g/mol. The largest absolute Gasteiger partial charge is 0.325 e. The van der Waals surface area contributed by atoms with Crippen LogP contribution in [0.2, 0.25) is 0 Å². The third-order valence-electron chi connectivity index (χ3n) is 5.37. The Kier molecular flexibility index (Phi) is 8.09. The van der Waals surface area contributed by atoms with Gasteiger partial charge >= 0.3 is 0 Å². The Balaban J connectivity index is 1.51. The number of amides is 2. The maximum absolute atomic E-state index is 13.3. The Morgan fingerprint density at radius 2 is 1.29 bits per heavy atom. The number of nitrogens with zero attached hydrogens (tertiary/aromatic N) is 2. The standard InChI is InChI=1S/C27H20N4O6S/c32-26(19-9-13-22(14-10-19)30(34)35)29-21-7-4-8-24(17-21)38-25(18-5-2-1-3-6-18)27(33)28-20-11-15-23(16-12-20)31(36)37/h1-17,25H,(H,28,33)(H,29,32). The fraction of sp³-hybridized carbons (Fsp3) is 0.0370. The zero-order valence-corrected chi connectivity index (χ0v) is 20.5. The Bertz CT molecular complexity index is 1480. The summed E-state index contributed by atoms with van der Waals surface area (Å²) in [6.45, 7) is 0. The minimum absolute atomic E-state index is 0.0791. The normalized spacial score (nSPS) is 11.3. The second-order valence-electron chi connectivity index (χ2n) is 7.99. The molecule has 0 fully saturated rings. The summed E-state index contributed by atoms with van der Waals surface area (Å²) in [6.07, 6.45) is 0. The van der Waals surface area contributed by atoms with Crippen molar-refractivity contribution >= 4 is 46.3 Å². The number of benzene rings is 4. The predicted octanol–water partition coefficient (Wildman–Crippen LogP) is 6.23. The van der Waals surface area contributed by atoms with Crippen LogP contribution in [0.1, 0.15) is 21.2 Å². The van der Waals surface area contributed by atoms with Gasteiger partial charge in [0.1, 0.15) is 5.25 Å². The Morgan fingerprint density at radius 3 is 1.89 bits per heavy atom. The summed E-state index contributed by atoms with van der Waals surface area (Å²) in [7, 11) is 0. The molecule has 4 rings (SSSR count). The average molecular weight is 529 g/mol. The molecule has 38 heavy (non-hydrogen) atoms. The highest BCUT2D eigenvalue weighted by molar-refractivity contribution is 8.00. The first kappa shape index (κ1) is 26.0. The van der Waals surface area contributed by atoms with E-state index in [4.69, 9.17) is 0 Å². The van der Waals surface area contributed by atoms with E-state index in [0.717, 1.165) is 5.56 Å². The molecule has 0 radical (unpaired) electrons. The van der Waals surface area contributed by atoms with Crippen LogP contribution in [0.25, 0.3) is 0 Å².